The first-order chi connectivity index (χ1) is 12.1. The summed E-state index contributed by atoms with van der Waals surface area (Å²) in [6.45, 7) is 1.16. The number of benzene rings is 1. The Bertz CT molecular complexity index is 707. The van der Waals surface area contributed by atoms with Gasteiger partial charge >= 0.3 is 0 Å². The second-order valence-electron chi connectivity index (χ2n) is 6.35. The minimum Gasteiger partial charge on any atom is -0.380 e. The molecule has 1 unspecified atom stereocenters. The highest BCUT2D eigenvalue weighted by molar-refractivity contribution is 5.78. The normalized spacial score (nSPS) is 20.8. The molecule has 1 N–H and O–H groups in total. The summed E-state index contributed by atoms with van der Waals surface area (Å²) in [6, 6.07) is 6.54. The number of nitrogens with zero attached hydrogens (tertiary/aromatic N) is 3. The van der Waals surface area contributed by atoms with Crippen molar-refractivity contribution in [1.29, 1.82) is 0 Å². The Balaban J connectivity index is 1.65. The first-order valence-electron chi connectivity index (χ1n) is 8.32. The molecule has 0 spiro atoms. The Morgan fingerprint density at radius 1 is 1.48 bits per heavy atom. The van der Waals surface area contributed by atoms with Crippen molar-refractivity contribution in [3.8, 4) is 0 Å². The third-order valence-corrected chi connectivity index (χ3v) is 4.66. The Morgan fingerprint density at radius 3 is 2.96 bits per heavy atom. The fourth-order valence-corrected chi connectivity index (χ4v) is 3.22. The van der Waals surface area contributed by atoms with E-state index in [1.807, 2.05) is 0 Å². The van der Waals surface area contributed by atoms with E-state index in [2.05, 4.69) is 14.9 Å². The van der Waals surface area contributed by atoms with Gasteiger partial charge in [0.25, 0.3) is 0 Å². The van der Waals surface area contributed by atoms with Gasteiger partial charge in [-0.2, -0.15) is 0 Å². The van der Waals surface area contributed by atoms with Crippen LogP contribution in [0.4, 0.5) is 4.39 Å². The summed E-state index contributed by atoms with van der Waals surface area (Å²) in [6.07, 6.45) is 4.34. The van der Waals surface area contributed by atoms with Crippen LogP contribution in [0.1, 0.15) is 23.9 Å². The number of likely N-dealkylation sites (tertiary alicyclic amines) is 1. The van der Waals surface area contributed by atoms with Crippen LogP contribution in [0.2, 0.25) is 0 Å². The number of halogens is 1. The molecule has 1 aromatic heterocycles. The average Bonchev–Trinajstić information content (AvgIpc) is 3.26. The molecule has 1 aliphatic rings. The zero-order valence-corrected chi connectivity index (χ0v) is 14.5. The van der Waals surface area contributed by atoms with E-state index in [1.165, 1.54) is 6.07 Å². The van der Waals surface area contributed by atoms with Gasteiger partial charge in [0.1, 0.15) is 11.6 Å². The molecule has 2 aromatic rings. The first kappa shape index (κ1) is 17.6. The molecular formula is C18H23FN4O2. The van der Waals surface area contributed by atoms with Crippen LogP contribution in [-0.2, 0) is 16.1 Å². The molecule has 1 aromatic carbocycles. The summed E-state index contributed by atoms with van der Waals surface area (Å²) in [7, 11) is 3.38. The number of methoxy groups -OCH3 is 1. The number of carbonyl (C=O) groups excluding carboxylic acids is 1. The van der Waals surface area contributed by atoms with Crippen molar-refractivity contribution in [1.82, 2.24) is 19.8 Å². The highest BCUT2D eigenvalue weighted by atomic mass is 19.1. The van der Waals surface area contributed by atoms with Crippen molar-refractivity contribution in [2.24, 2.45) is 0 Å². The Kier molecular flexibility index (Phi) is 5.45. The van der Waals surface area contributed by atoms with Gasteiger partial charge in [-0.15, -0.1) is 0 Å². The summed E-state index contributed by atoms with van der Waals surface area (Å²) in [4.78, 5) is 23.7. The molecule has 3 rings (SSSR count). The van der Waals surface area contributed by atoms with E-state index in [9.17, 15) is 9.18 Å². The van der Waals surface area contributed by atoms with Crippen LogP contribution in [0.15, 0.2) is 36.7 Å². The lowest BCUT2D eigenvalue weighted by atomic mass is 10.2. The van der Waals surface area contributed by atoms with Crippen molar-refractivity contribution in [3.63, 3.8) is 0 Å². The summed E-state index contributed by atoms with van der Waals surface area (Å²) in [5, 5.41) is 0. The van der Waals surface area contributed by atoms with Crippen molar-refractivity contribution in [2.45, 2.75) is 25.1 Å². The molecule has 1 saturated heterocycles. The van der Waals surface area contributed by atoms with E-state index < -0.39 is 0 Å². The van der Waals surface area contributed by atoms with Crippen molar-refractivity contribution in [3.05, 3.63) is 53.9 Å². The number of amides is 1. The highest BCUT2D eigenvalue weighted by Gasteiger charge is 2.36. The summed E-state index contributed by atoms with van der Waals surface area (Å²) < 4.78 is 19.3. The maximum atomic E-state index is 13.8. The number of carbonyl (C=O) groups is 1. The fourth-order valence-electron chi connectivity index (χ4n) is 3.22. The van der Waals surface area contributed by atoms with Crippen LogP contribution in [0, 0.1) is 5.82 Å². The molecule has 134 valence electrons. The predicted molar refractivity (Wildman–Crippen MR) is 91.2 cm³/mol. The lowest BCUT2D eigenvalue weighted by Crippen LogP contribution is -2.38. The van der Waals surface area contributed by atoms with Crippen LogP contribution in [0.5, 0.6) is 0 Å². The molecule has 1 amide bonds. The monoisotopic (exact) mass is 346 g/mol. The molecule has 1 aliphatic heterocycles. The maximum absolute atomic E-state index is 13.8. The van der Waals surface area contributed by atoms with Gasteiger partial charge in [-0.05, 0) is 12.5 Å². The third-order valence-electron chi connectivity index (χ3n) is 4.66. The van der Waals surface area contributed by atoms with Gasteiger partial charge in [0.15, 0.2) is 0 Å². The number of aromatic nitrogens is 2. The number of hydrogen-bond donors (Lipinski definition) is 1. The third kappa shape index (κ3) is 4.05. The van der Waals surface area contributed by atoms with Gasteiger partial charge in [-0.25, -0.2) is 9.37 Å². The van der Waals surface area contributed by atoms with E-state index >= 15 is 0 Å². The second kappa shape index (κ2) is 7.76. The number of aromatic amines is 1. The molecular weight excluding hydrogens is 323 g/mol. The average molecular weight is 346 g/mol. The van der Waals surface area contributed by atoms with Crippen LogP contribution in [0.25, 0.3) is 0 Å². The topological polar surface area (TPSA) is 61.5 Å². The smallest absolute Gasteiger partial charge is 0.236 e. The Hall–Kier alpha value is -2.25. The SMILES string of the molecule is CO[C@@H]1CC(c2ncc[nH]2)N(CC(=O)N(C)Cc2ccccc2F)C1. The van der Waals surface area contributed by atoms with Crippen LogP contribution < -0.4 is 0 Å². The number of ether oxygens (including phenoxy) is 1. The summed E-state index contributed by atoms with van der Waals surface area (Å²) >= 11 is 0. The van der Waals surface area contributed by atoms with Crippen molar-refractivity contribution in [2.75, 3.05) is 27.2 Å². The van der Waals surface area contributed by atoms with E-state index in [1.54, 1.807) is 49.7 Å². The van der Waals surface area contributed by atoms with E-state index in [0.717, 1.165) is 12.2 Å². The standard InChI is InChI=1S/C18H23FN4O2/c1-22(10-13-5-3-4-6-15(13)19)17(24)12-23-11-14(25-2)9-16(23)18-20-7-8-21-18/h3-8,14,16H,9-12H2,1-2H3,(H,20,21)/t14-,16?/m1/s1. The summed E-state index contributed by atoms with van der Waals surface area (Å²) in [5.74, 6) is 0.483. The second-order valence-corrected chi connectivity index (χ2v) is 6.35. The van der Waals surface area contributed by atoms with Gasteiger partial charge < -0.3 is 14.6 Å². The Labute approximate surface area is 146 Å². The van der Waals surface area contributed by atoms with E-state index in [-0.39, 0.29) is 37.0 Å². The molecule has 7 heteroatoms. The number of H-pyrrole nitrogens is 1. The minimum atomic E-state index is -0.295. The van der Waals surface area contributed by atoms with E-state index in [4.69, 9.17) is 4.74 Å². The minimum absolute atomic E-state index is 0.0192. The zero-order chi connectivity index (χ0) is 17.8. The lowest BCUT2D eigenvalue weighted by molar-refractivity contribution is -0.132. The van der Waals surface area contributed by atoms with Gasteiger partial charge in [0, 0.05) is 45.2 Å². The molecule has 0 bridgehead atoms. The van der Waals surface area contributed by atoms with Crippen LogP contribution in [-0.4, -0.2) is 59.0 Å². The van der Waals surface area contributed by atoms with Crippen LogP contribution in [0.3, 0.4) is 0 Å². The molecule has 1 fully saturated rings. The van der Waals surface area contributed by atoms with Crippen LogP contribution >= 0.6 is 0 Å². The molecule has 25 heavy (non-hydrogen) atoms. The Morgan fingerprint density at radius 2 is 2.28 bits per heavy atom. The quantitative estimate of drug-likeness (QED) is 0.869. The predicted octanol–water partition coefficient (Wildman–Crippen LogP) is 1.97. The number of hydrogen-bond acceptors (Lipinski definition) is 4. The van der Waals surface area contributed by atoms with Gasteiger partial charge in [0.05, 0.1) is 18.7 Å². The molecule has 2 heterocycles. The zero-order valence-electron chi connectivity index (χ0n) is 14.5. The van der Waals surface area contributed by atoms with Gasteiger partial charge in [0.2, 0.25) is 5.91 Å². The van der Waals surface area contributed by atoms with Crippen molar-refractivity contribution >= 4 is 5.91 Å². The molecule has 0 aliphatic carbocycles. The summed E-state index contributed by atoms with van der Waals surface area (Å²) in [5.41, 5.74) is 0.511. The fraction of sp³-hybridized carbons (Fsp3) is 0.444. The first-order valence-corrected chi connectivity index (χ1v) is 8.32. The molecule has 0 saturated carbocycles. The molecule has 6 nitrogen and oxygen atoms in total. The van der Waals surface area contributed by atoms with Gasteiger partial charge in [-0.3, -0.25) is 9.69 Å². The highest BCUT2D eigenvalue weighted by Crippen LogP contribution is 2.31. The number of likely N-dealkylation sites (N-methyl/N-ethyl adjacent to an activating group) is 1. The van der Waals surface area contributed by atoms with E-state index in [0.29, 0.717) is 12.1 Å². The number of imidazole rings is 1. The molecule has 2 atom stereocenters. The lowest BCUT2D eigenvalue weighted by Gasteiger charge is -2.25. The molecule has 0 radical (unpaired) electrons. The van der Waals surface area contributed by atoms with Crippen molar-refractivity contribution < 1.29 is 13.9 Å². The maximum Gasteiger partial charge on any atom is 0.236 e. The number of nitrogens with one attached hydrogen (secondary N) is 1. The number of rotatable bonds is 6. The largest absolute Gasteiger partial charge is 0.380 e. The van der Waals surface area contributed by atoms with Gasteiger partial charge in [-0.1, -0.05) is 18.2 Å².